The molecule has 192 valence electrons. The van der Waals surface area contributed by atoms with Crippen LogP contribution in [0.15, 0.2) is 24.5 Å². The molecule has 1 aliphatic carbocycles. The number of ether oxygens (including phenoxy) is 2. The van der Waals surface area contributed by atoms with Gasteiger partial charge in [-0.25, -0.2) is 4.79 Å². The van der Waals surface area contributed by atoms with E-state index < -0.39 is 36.4 Å². The molecule has 0 radical (unpaired) electrons. The number of alkyl halides is 3. The summed E-state index contributed by atoms with van der Waals surface area (Å²) in [6.45, 7) is 2.57. The van der Waals surface area contributed by atoms with Crippen LogP contribution in [0.4, 0.5) is 18.0 Å². The number of aryl methyl sites for hydroxylation is 1. The number of carbonyl (C=O) groups is 2. The lowest BCUT2D eigenvalue weighted by Crippen LogP contribution is -2.56. The molecule has 2 N–H and O–H groups in total. The number of pyridine rings is 1. The van der Waals surface area contributed by atoms with Gasteiger partial charge in [0.05, 0.1) is 24.2 Å². The normalized spacial score (nSPS) is 21.5. The van der Waals surface area contributed by atoms with E-state index in [4.69, 9.17) is 4.74 Å². The summed E-state index contributed by atoms with van der Waals surface area (Å²) in [5.41, 5.74) is 2.43. The topological polar surface area (TPSA) is 97.7 Å². The number of nitrogens with zero attached hydrogens (tertiary/aromatic N) is 3. The van der Waals surface area contributed by atoms with Crippen molar-refractivity contribution in [2.24, 2.45) is 0 Å². The second kappa shape index (κ2) is 10.4. The largest absolute Gasteiger partial charge is 0.453 e. The minimum absolute atomic E-state index is 0.0363. The van der Waals surface area contributed by atoms with Crippen molar-refractivity contribution in [3.63, 3.8) is 0 Å². The van der Waals surface area contributed by atoms with Crippen molar-refractivity contribution in [3.05, 3.63) is 30.1 Å². The maximum atomic E-state index is 13.4. The van der Waals surface area contributed by atoms with E-state index in [9.17, 15) is 22.8 Å². The van der Waals surface area contributed by atoms with Gasteiger partial charge in [-0.1, -0.05) is 0 Å². The summed E-state index contributed by atoms with van der Waals surface area (Å²) in [5, 5.41) is 5.34. The summed E-state index contributed by atoms with van der Waals surface area (Å²) < 4.78 is 51.4. The van der Waals surface area contributed by atoms with Crippen LogP contribution in [0.3, 0.4) is 0 Å². The Morgan fingerprint density at radius 1 is 1.37 bits per heavy atom. The van der Waals surface area contributed by atoms with Crippen LogP contribution >= 0.6 is 0 Å². The maximum absolute atomic E-state index is 13.4. The van der Waals surface area contributed by atoms with E-state index in [1.54, 1.807) is 11.1 Å². The number of hydrogen-bond acceptors (Lipinski definition) is 6. The summed E-state index contributed by atoms with van der Waals surface area (Å²) in [7, 11) is 1.30. The van der Waals surface area contributed by atoms with Crippen LogP contribution in [0.25, 0.3) is 11.0 Å². The number of fused-ring (bicyclic) bond motifs is 1. The lowest BCUT2D eigenvalue weighted by atomic mass is 10.1. The van der Waals surface area contributed by atoms with Crippen LogP contribution in [0.1, 0.15) is 37.8 Å². The van der Waals surface area contributed by atoms with Crippen molar-refractivity contribution < 1.29 is 32.2 Å². The molecule has 2 fully saturated rings. The first kappa shape index (κ1) is 25.2. The first-order valence-corrected chi connectivity index (χ1v) is 11.7. The third-order valence-electron chi connectivity index (χ3n) is 6.39. The Hall–Kier alpha value is -2.86. The van der Waals surface area contributed by atoms with Crippen LogP contribution in [0.5, 0.6) is 0 Å². The number of alkyl carbamates (subject to hydrolysis) is 1. The molecular weight excluding hydrogens is 467 g/mol. The fourth-order valence-corrected chi connectivity index (χ4v) is 4.49. The van der Waals surface area contributed by atoms with E-state index in [0.717, 1.165) is 29.4 Å². The lowest BCUT2D eigenvalue weighted by molar-refractivity contribution is -0.239. The third-order valence-corrected chi connectivity index (χ3v) is 6.39. The zero-order chi connectivity index (χ0) is 25.2. The number of morpholine rings is 1. The van der Waals surface area contributed by atoms with Crippen molar-refractivity contribution >= 4 is 23.0 Å². The van der Waals surface area contributed by atoms with Crippen LogP contribution in [-0.4, -0.2) is 77.6 Å². The molecule has 2 aromatic rings. The van der Waals surface area contributed by atoms with E-state index in [1.165, 1.54) is 7.11 Å². The Kier molecular flexibility index (Phi) is 7.50. The van der Waals surface area contributed by atoms with Gasteiger partial charge >= 0.3 is 12.3 Å². The third kappa shape index (κ3) is 5.69. The predicted molar refractivity (Wildman–Crippen MR) is 121 cm³/mol. The smallest absolute Gasteiger partial charge is 0.415 e. The van der Waals surface area contributed by atoms with Gasteiger partial charge in [-0.15, -0.1) is 0 Å². The number of carbonyl (C=O) groups excluding carboxylic acids is 2. The molecule has 35 heavy (non-hydrogen) atoms. The monoisotopic (exact) mass is 497 g/mol. The second-order valence-corrected chi connectivity index (χ2v) is 8.89. The highest BCUT2D eigenvalue weighted by Gasteiger charge is 2.47. The van der Waals surface area contributed by atoms with E-state index in [-0.39, 0.29) is 19.1 Å². The second-order valence-electron chi connectivity index (χ2n) is 8.89. The molecule has 2 amide bonds. The minimum Gasteiger partial charge on any atom is -0.453 e. The van der Waals surface area contributed by atoms with Gasteiger partial charge in [0, 0.05) is 50.2 Å². The Balaban J connectivity index is 1.54. The SMILES string of the molecule is COC(=O)NCCCn1cc([C@@H](C)N(C(=O)[C@H]2CNCC(C(F)(F)F)O2)C2CC2)c2ncccc21. The molecule has 2 aliphatic rings. The maximum Gasteiger partial charge on any atom is 0.415 e. The van der Waals surface area contributed by atoms with Gasteiger partial charge in [0.15, 0.2) is 6.10 Å². The van der Waals surface area contributed by atoms with Crippen molar-refractivity contribution in [1.29, 1.82) is 0 Å². The molecule has 2 aromatic heterocycles. The minimum atomic E-state index is -4.54. The Morgan fingerprint density at radius 3 is 2.83 bits per heavy atom. The number of nitrogens with one attached hydrogen (secondary N) is 2. The fourth-order valence-electron chi connectivity index (χ4n) is 4.49. The molecule has 1 aliphatic heterocycles. The molecule has 3 heterocycles. The molecule has 4 rings (SSSR count). The van der Waals surface area contributed by atoms with Gasteiger partial charge in [-0.3, -0.25) is 9.78 Å². The highest BCUT2D eigenvalue weighted by Crippen LogP contribution is 2.38. The lowest BCUT2D eigenvalue weighted by Gasteiger charge is -2.36. The molecule has 0 bridgehead atoms. The van der Waals surface area contributed by atoms with Gasteiger partial charge in [0.25, 0.3) is 5.91 Å². The number of hydrogen-bond donors (Lipinski definition) is 2. The number of rotatable bonds is 8. The van der Waals surface area contributed by atoms with Crippen molar-refractivity contribution in [1.82, 2.24) is 25.1 Å². The summed E-state index contributed by atoms with van der Waals surface area (Å²) in [4.78, 5) is 30.9. The molecule has 1 unspecified atom stereocenters. The number of amides is 2. The molecule has 9 nitrogen and oxygen atoms in total. The molecule has 0 aromatic carbocycles. The highest BCUT2D eigenvalue weighted by molar-refractivity contribution is 5.85. The summed E-state index contributed by atoms with van der Waals surface area (Å²) in [6.07, 6.45) is -2.41. The van der Waals surface area contributed by atoms with Crippen LogP contribution in [-0.2, 0) is 20.8 Å². The molecule has 1 saturated carbocycles. The molecule has 12 heteroatoms. The van der Waals surface area contributed by atoms with Crippen molar-refractivity contribution in [3.8, 4) is 0 Å². The van der Waals surface area contributed by atoms with Crippen LogP contribution < -0.4 is 10.6 Å². The van der Waals surface area contributed by atoms with Gasteiger partial charge in [-0.2, -0.15) is 13.2 Å². The Bertz CT molecular complexity index is 1060. The average Bonchev–Trinajstić information content (AvgIpc) is 3.61. The first-order chi connectivity index (χ1) is 16.7. The van der Waals surface area contributed by atoms with E-state index in [2.05, 4.69) is 20.4 Å². The molecule has 1 saturated heterocycles. The average molecular weight is 498 g/mol. The fraction of sp³-hybridized carbons (Fsp3) is 0.609. The summed E-state index contributed by atoms with van der Waals surface area (Å²) >= 11 is 0. The van der Waals surface area contributed by atoms with Crippen molar-refractivity contribution in [2.45, 2.75) is 63.2 Å². The summed E-state index contributed by atoms with van der Waals surface area (Å²) in [6, 6.07) is 3.30. The molecule has 0 spiro atoms. The van der Waals surface area contributed by atoms with Crippen LogP contribution in [0, 0.1) is 0 Å². The zero-order valence-corrected chi connectivity index (χ0v) is 19.7. The Labute approximate surface area is 200 Å². The quantitative estimate of drug-likeness (QED) is 0.545. The molecular formula is C23H30F3N5O4. The highest BCUT2D eigenvalue weighted by atomic mass is 19.4. The van der Waals surface area contributed by atoms with Gasteiger partial charge in [-0.05, 0) is 38.3 Å². The number of methoxy groups -OCH3 is 1. The van der Waals surface area contributed by atoms with E-state index in [1.807, 2.05) is 29.8 Å². The van der Waals surface area contributed by atoms with Gasteiger partial charge < -0.3 is 29.6 Å². The standard InChI is InChI=1S/C23H30F3N5O4/c1-14(31(15-6-7-15)21(32)18-11-27-12-19(35-18)23(24,25)26)16-13-30(10-4-9-29-22(33)34-2)17-5-3-8-28-20(16)17/h3,5,8,13-15,18-19,27H,4,6-7,9-12H2,1-2H3,(H,29,33)/t14-,18-,19?/m1/s1. The van der Waals surface area contributed by atoms with Crippen LogP contribution in [0.2, 0.25) is 0 Å². The van der Waals surface area contributed by atoms with Gasteiger partial charge in [0.1, 0.15) is 6.10 Å². The number of aromatic nitrogens is 2. The van der Waals surface area contributed by atoms with Crippen molar-refractivity contribution in [2.75, 3.05) is 26.7 Å². The Morgan fingerprint density at radius 2 is 2.14 bits per heavy atom. The predicted octanol–water partition coefficient (Wildman–Crippen LogP) is 2.75. The zero-order valence-electron chi connectivity index (χ0n) is 19.7. The van der Waals surface area contributed by atoms with E-state index >= 15 is 0 Å². The molecule has 3 atom stereocenters. The van der Waals surface area contributed by atoms with E-state index in [0.29, 0.717) is 19.5 Å². The summed E-state index contributed by atoms with van der Waals surface area (Å²) in [5.74, 6) is -0.444. The van der Waals surface area contributed by atoms with Gasteiger partial charge in [0.2, 0.25) is 0 Å². The first-order valence-electron chi connectivity index (χ1n) is 11.7. The number of halogens is 3.